The van der Waals surface area contributed by atoms with Crippen LogP contribution in [-0.4, -0.2) is 25.0 Å². The smallest absolute Gasteiger partial charge is 0.000937 e. The minimum Gasteiger partial charge on any atom is -0.306 e. The summed E-state index contributed by atoms with van der Waals surface area (Å²) in [5, 5.41) is 0. The maximum absolute atomic E-state index is 2.55. The zero-order valence-corrected chi connectivity index (χ0v) is 12.0. The fraction of sp³-hybridized carbons (Fsp3) is 0.667. The van der Waals surface area contributed by atoms with E-state index in [-0.39, 0.29) is 0 Å². The van der Waals surface area contributed by atoms with Crippen molar-refractivity contribution >= 4 is 0 Å². The molecule has 1 heteroatoms. The third kappa shape index (κ3) is 1.94. The number of fused-ring (bicyclic) bond motifs is 5. The highest BCUT2D eigenvalue weighted by Crippen LogP contribution is 2.51. The molecule has 1 nitrogen and oxygen atoms in total. The summed E-state index contributed by atoms with van der Waals surface area (Å²) in [6.45, 7) is 2.68. The number of nitrogens with zero attached hydrogens (tertiary/aromatic N) is 1. The van der Waals surface area contributed by atoms with E-state index in [1.165, 1.54) is 45.2 Å². The van der Waals surface area contributed by atoms with Gasteiger partial charge in [0.2, 0.25) is 0 Å². The molecule has 2 fully saturated rings. The van der Waals surface area contributed by atoms with Crippen LogP contribution in [0.3, 0.4) is 0 Å². The highest BCUT2D eigenvalue weighted by atomic mass is 15.1. The molecule has 0 bridgehead atoms. The van der Waals surface area contributed by atoms with Gasteiger partial charge in [-0.25, -0.2) is 0 Å². The van der Waals surface area contributed by atoms with Gasteiger partial charge in [-0.1, -0.05) is 24.3 Å². The highest BCUT2D eigenvalue weighted by Gasteiger charge is 2.43. The molecule has 0 N–H and O–H groups in total. The first-order valence-corrected chi connectivity index (χ1v) is 8.09. The summed E-state index contributed by atoms with van der Waals surface area (Å²) >= 11 is 0. The van der Waals surface area contributed by atoms with Gasteiger partial charge in [0.25, 0.3) is 0 Å². The number of rotatable bonds is 0. The van der Waals surface area contributed by atoms with Crippen LogP contribution in [0.2, 0.25) is 0 Å². The van der Waals surface area contributed by atoms with E-state index >= 15 is 0 Å². The van der Waals surface area contributed by atoms with Gasteiger partial charge in [-0.05, 0) is 80.5 Å². The van der Waals surface area contributed by atoms with Gasteiger partial charge in [-0.15, -0.1) is 0 Å². The summed E-state index contributed by atoms with van der Waals surface area (Å²) in [7, 11) is 2.30. The second-order valence-corrected chi connectivity index (χ2v) is 7.06. The van der Waals surface area contributed by atoms with Crippen LogP contribution in [-0.2, 0) is 6.42 Å². The molecule has 4 rings (SSSR count). The van der Waals surface area contributed by atoms with Crippen molar-refractivity contribution in [3.05, 3.63) is 35.4 Å². The van der Waals surface area contributed by atoms with Crippen molar-refractivity contribution in [3.8, 4) is 0 Å². The molecule has 1 heterocycles. The molecule has 2 aliphatic carbocycles. The van der Waals surface area contributed by atoms with Gasteiger partial charge in [0, 0.05) is 6.54 Å². The average Bonchev–Trinajstić information content (AvgIpc) is 2.46. The predicted molar refractivity (Wildman–Crippen MR) is 79.3 cm³/mol. The molecule has 0 amide bonds. The molecule has 0 aromatic heterocycles. The Morgan fingerprint density at radius 2 is 1.89 bits per heavy atom. The molecule has 1 aromatic carbocycles. The van der Waals surface area contributed by atoms with Crippen LogP contribution in [0.4, 0.5) is 0 Å². The molecule has 4 atom stereocenters. The Morgan fingerprint density at radius 1 is 1.00 bits per heavy atom. The van der Waals surface area contributed by atoms with Crippen molar-refractivity contribution in [2.75, 3.05) is 20.1 Å². The fourth-order valence-electron chi connectivity index (χ4n) is 5.25. The second-order valence-electron chi connectivity index (χ2n) is 7.06. The summed E-state index contributed by atoms with van der Waals surface area (Å²) in [4.78, 5) is 2.55. The minimum atomic E-state index is 0.884. The average molecular weight is 255 g/mol. The number of piperidine rings is 1. The Kier molecular flexibility index (Phi) is 2.91. The first-order valence-electron chi connectivity index (χ1n) is 8.09. The normalized spacial score (nSPS) is 38.2. The maximum Gasteiger partial charge on any atom is 0.000937 e. The molecule has 1 aromatic rings. The number of hydrogen-bond donors (Lipinski definition) is 0. The van der Waals surface area contributed by atoms with Crippen molar-refractivity contribution in [2.24, 2.45) is 17.8 Å². The molecular weight excluding hydrogens is 230 g/mol. The highest BCUT2D eigenvalue weighted by molar-refractivity contribution is 5.34. The first kappa shape index (κ1) is 12.0. The quantitative estimate of drug-likeness (QED) is 0.683. The third-order valence-corrected chi connectivity index (χ3v) is 6.11. The van der Waals surface area contributed by atoms with Gasteiger partial charge in [0.1, 0.15) is 0 Å². The van der Waals surface area contributed by atoms with Gasteiger partial charge in [0.05, 0.1) is 0 Å². The molecule has 1 saturated carbocycles. The van der Waals surface area contributed by atoms with Gasteiger partial charge in [0.15, 0.2) is 0 Å². The summed E-state index contributed by atoms with van der Waals surface area (Å²) in [6.07, 6.45) is 7.13. The topological polar surface area (TPSA) is 3.24 Å². The van der Waals surface area contributed by atoms with Crippen LogP contribution in [0.1, 0.15) is 42.7 Å². The van der Waals surface area contributed by atoms with E-state index in [1.54, 1.807) is 11.1 Å². The van der Waals surface area contributed by atoms with Crippen LogP contribution >= 0.6 is 0 Å². The van der Waals surface area contributed by atoms with E-state index in [1.807, 2.05) is 0 Å². The number of aryl methyl sites for hydroxylation is 1. The largest absolute Gasteiger partial charge is 0.306 e. The molecule has 1 saturated heterocycles. The van der Waals surface area contributed by atoms with E-state index in [9.17, 15) is 0 Å². The Labute approximate surface area is 117 Å². The van der Waals surface area contributed by atoms with E-state index in [2.05, 4.69) is 36.2 Å². The Bertz CT molecular complexity index is 467. The third-order valence-electron chi connectivity index (χ3n) is 6.11. The maximum atomic E-state index is 2.55. The first-order chi connectivity index (χ1) is 9.33. The van der Waals surface area contributed by atoms with Gasteiger partial charge < -0.3 is 4.90 Å². The van der Waals surface area contributed by atoms with Crippen molar-refractivity contribution in [1.29, 1.82) is 0 Å². The SMILES string of the molecule is CN1CC[C@@H]2[C@H](CC[C@H]3c4ccccc4CC[C@@H]23)C1. The summed E-state index contributed by atoms with van der Waals surface area (Å²) in [5.41, 5.74) is 3.35. The molecule has 0 spiro atoms. The second kappa shape index (κ2) is 4.63. The molecule has 3 aliphatic rings. The van der Waals surface area contributed by atoms with Crippen LogP contribution in [0, 0.1) is 17.8 Å². The van der Waals surface area contributed by atoms with Crippen molar-refractivity contribution in [2.45, 2.75) is 38.0 Å². The molecule has 0 unspecified atom stereocenters. The van der Waals surface area contributed by atoms with E-state index < -0.39 is 0 Å². The Morgan fingerprint density at radius 3 is 2.84 bits per heavy atom. The standard InChI is InChI=1S/C18H25N/c1-19-11-10-16-14(12-19)7-9-17-15-5-3-2-4-13(15)6-8-18(16)17/h2-5,14,16-18H,6-12H2,1H3/t14-,16-,17+,18+/m1/s1. The zero-order chi connectivity index (χ0) is 12.8. The minimum absolute atomic E-state index is 0.884. The van der Waals surface area contributed by atoms with Crippen LogP contribution in [0.25, 0.3) is 0 Å². The Hall–Kier alpha value is -0.820. The number of hydrogen-bond acceptors (Lipinski definition) is 1. The fourth-order valence-corrected chi connectivity index (χ4v) is 5.25. The van der Waals surface area contributed by atoms with Crippen LogP contribution in [0.5, 0.6) is 0 Å². The molecule has 0 radical (unpaired) electrons. The van der Waals surface area contributed by atoms with Crippen LogP contribution < -0.4 is 0 Å². The van der Waals surface area contributed by atoms with Gasteiger partial charge >= 0.3 is 0 Å². The molecular formula is C18H25N. The van der Waals surface area contributed by atoms with Crippen molar-refractivity contribution < 1.29 is 0 Å². The van der Waals surface area contributed by atoms with Crippen molar-refractivity contribution in [3.63, 3.8) is 0 Å². The lowest BCUT2D eigenvalue weighted by Crippen LogP contribution is -2.46. The van der Waals surface area contributed by atoms with Crippen molar-refractivity contribution in [1.82, 2.24) is 4.90 Å². The zero-order valence-electron chi connectivity index (χ0n) is 12.0. The number of benzene rings is 1. The van der Waals surface area contributed by atoms with Crippen LogP contribution in [0.15, 0.2) is 24.3 Å². The number of likely N-dealkylation sites (tertiary alicyclic amines) is 1. The monoisotopic (exact) mass is 255 g/mol. The lowest BCUT2D eigenvalue weighted by atomic mass is 9.58. The summed E-state index contributed by atoms with van der Waals surface area (Å²) < 4.78 is 0. The van der Waals surface area contributed by atoms with Gasteiger partial charge in [-0.2, -0.15) is 0 Å². The lowest BCUT2D eigenvalue weighted by molar-refractivity contribution is 0.0385. The van der Waals surface area contributed by atoms with E-state index in [0.29, 0.717) is 0 Å². The van der Waals surface area contributed by atoms with E-state index in [0.717, 1.165) is 23.7 Å². The Balaban J connectivity index is 1.64. The predicted octanol–water partition coefficient (Wildman–Crippen LogP) is 3.69. The molecule has 19 heavy (non-hydrogen) atoms. The molecule has 1 aliphatic heterocycles. The van der Waals surface area contributed by atoms with E-state index in [4.69, 9.17) is 0 Å². The summed E-state index contributed by atoms with van der Waals surface area (Å²) in [6, 6.07) is 9.26. The molecule has 102 valence electrons. The lowest BCUT2D eigenvalue weighted by Gasteiger charge is -2.50. The van der Waals surface area contributed by atoms with Gasteiger partial charge in [-0.3, -0.25) is 0 Å². The summed E-state index contributed by atoms with van der Waals surface area (Å²) in [5.74, 6) is 3.88.